The van der Waals surface area contributed by atoms with Crippen molar-refractivity contribution in [1.82, 2.24) is 15.3 Å². The number of rotatable bonds is 4. The summed E-state index contributed by atoms with van der Waals surface area (Å²) in [5.74, 6) is 0. The highest BCUT2D eigenvalue weighted by Gasteiger charge is 2.07. The van der Waals surface area contributed by atoms with Gasteiger partial charge in [-0.05, 0) is 30.7 Å². The molecule has 0 spiro atoms. The van der Waals surface area contributed by atoms with Gasteiger partial charge in [0.1, 0.15) is 5.01 Å². The first-order chi connectivity index (χ1) is 9.33. The van der Waals surface area contributed by atoms with Crippen LogP contribution in [0.3, 0.4) is 0 Å². The highest BCUT2D eigenvalue weighted by atomic mass is 32.1. The Labute approximate surface area is 116 Å². The highest BCUT2D eigenvalue weighted by molar-refractivity contribution is 7.18. The predicted octanol–water partition coefficient (Wildman–Crippen LogP) is 3.54. The summed E-state index contributed by atoms with van der Waals surface area (Å²) in [4.78, 5) is 8.76. The van der Waals surface area contributed by atoms with Gasteiger partial charge in [-0.25, -0.2) is 4.98 Å². The van der Waals surface area contributed by atoms with E-state index in [9.17, 15) is 0 Å². The number of hydrogen-bond acceptors (Lipinski definition) is 4. The Morgan fingerprint density at radius 1 is 1.21 bits per heavy atom. The van der Waals surface area contributed by atoms with Crippen LogP contribution >= 0.6 is 11.3 Å². The maximum absolute atomic E-state index is 4.62. The molecule has 3 nitrogen and oxygen atoms in total. The van der Waals surface area contributed by atoms with Crippen LogP contribution in [0.4, 0.5) is 0 Å². The number of benzene rings is 1. The van der Waals surface area contributed by atoms with Gasteiger partial charge in [-0.3, -0.25) is 4.98 Å². The summed E-state index contributed by atoms with van der Waals surface area (Å²) in [6.07, 6.45) is 3.69. The van der Waals surface area contributed by atoms with Crippen molar-refractivity contribution in [1.29, 1.82) is 0 Å². The lowest BCUT2D eigenvalue weighted by Crippen LogP contribution is -2.17. The van der Waals surface area contributed by atoms with Gasteiger partial charge in [0.25, 0.3) is 0 Å². The Kier molecular flexibility index (Phi) is 3.53. The van der Waals surface area contributed by atoms with Gasteiger partial charge < -0.3 is 5.32 Å². The van der Waals surface area contributed by atoms with Crippen molar-refractivity contribution in [3.8, 4) is 0 Å². The largest absolute Gasteiger partial charge is 0.304 e. The van der Waals surface area contributed by atoms with E-state index in [1.165, 1.54) is 10.3 Å². The van der Waals surface area contributed by atoms with Crippen molar-refractivity contribution in [3.63, 3.8) is 0 Å². The fraction of sp³-hybridized carbons (Fsp3) is 0.200. The molecule has 0 radical (unpaired) electrons. The third-order valence-corrected chi connectivity index (χ3v) is 4.12. The van der Waals surface area contributed by atoms with E-state index in [0.717, 1.165) is 17.1 Å². The standard InChI is InChI=1S/C15H15N3S/c1-11(12-5-4-8-16-9-12)17-10-15-18-13-6-2-3-7-14(13)19-15/h2-9,11,17H,10H2,1H3/t11-/m0/s1. The molecule has 0 saturated carbocycles. The fourth-order valence-corrected chi connectivity index (χ4v) is 2.90. The maximum Gasteiger partial charge on any atom is 0.108 e. The molecule has 0 saturated heterocycles. The van der Waals surface area contributed by atoms with Crippen LogP contribution in [-0.4, -0.2) is 9.97 Å². The molecule has 0 bridgehead atoms. The molecule has 0 unspecified atom stereocenters. The summed E-state index contributed by atoms with van der Waals surface area (Å²) in [6.45, 7) is 2.93. The summed E-state index contributed by atoms with van der Waals surface area (Å²) in [5.41, 5.74) is 2.28. The number of hydrogen-bond donors (Lipinski definition) is 1. The van der Waals surface area contributed by atoms with Crippen LogP contribution in [0.25, 0.3) is 10.2 Å². The normalized spacial score (nSPS) is 12.7. The van der Waals surface area contributed by atoms with Gasteiger partial charge in [0.15, 0.2) is 0 Å². The molecule has 1 atom stereocenters. The molecule has 3 rings (SSSR count). The zero-order valence-electron chi connectivity index (χ0n) is 10.7. The Morgan fingerprint density at radius 3 is 2.89 bits per heavy atom. The second-order valence-electron chi connectivity index (χ2n) is 4.46. The maximum atomic E-state index is 4.62. The molecule has 0 amide bonds. The molecule has 1 aromatic carbocycles. The molecular weight excluding hydrogens is 254 g/mol. The minimum absolute atomic E-state index is 0.278. The van der Waals surface area contributed by atoms with Gasteiger partial charge >= 0.3 is 0 Å². The Hall–Kier alpha value is -1.78. The van der Waals surface area contributed by atoms with Gasteiger partial charge in [0.05, 0.1) is 10.2 Å². The van der Waals surface area contributed by atoms with E-state index in [1.54, 1.807) is 17.5 Å². The minimum atomic E-state index is 0.278. The smallest absolute Gasteiger partial charge is 0.108 e. The summed E-state index contributed by atoms with van der Waals surface area (Å²) >= 11 is 1.75. The Morgan fingerprint density at radius 2 is 2.11 bits per heavy atom. The molecule has 2 aromatic heterocycles. The van der Waals surface area contributed by atoms with Crippen LogP contribution in [-0.2, 0) is 6.54 Å². The van der Waals surface area contributed by atoms with Gasteiger partial charge in [-0.1, -0.05) is 18.2 Å². The van der Waals surface area contributed by atoms with Crippen LogP contribution in [0.2, 0.25) is 0 Å². The van der Waals surface area contributed by atoms with Crippen molar-refractivity contribution in [2.75, 3.05) is 0 Å². The molecule has 19 heavy (non-hydrogen) atoms. The molecule has 96 valence electrons. The van der Waals surface area contributed by atoms with Crippen molar-refractivity contribution in [2.45, 2.75) is 19.5 Å². The van der Waals surface area contributed by atoms with Crippen LogP contribution in [0.15, 0.2) is 48.8 Å². The number of pyridine rings is 1. The third kappa shape index (κ3) is 2.80. The van der Waals surface area contributed by atoms with E-state index in [0.29, 0.717) is 0 Å². The number of nitrogens with zero attached hydrogens (tertiary/aromatic N) is 2. The third-order valence-electron chi connectivity index (χ3n) is 3.08. The Balaban J connectivity index is 1.69. The SMILES string of the molecule is C[C@H](NCc1nc2ccccc2s1)c1cccnc1. The average Bonchev–Trinajstić information content (AvgIpc) is 2.88. The number of nitrogens with one attached hydrogen (secondary N) is 1. The zero-order chi connectivity index (χ0) is 13.1. The first-order valence-corrected chi connectivity index (χ1v) is 7.12. The second kappa shape index (κ2) is 5.47. The van der Waals surface area contributed by atoms with Crippen molar-refractivity contribution in [2.24, 2.45) is 0 Å². The number of thiazole rings is 1. The quantitative estimate of drug-likeness (QED) is 0.787. The van der Waals surface area contributed by atoms with Gasteiger partial charge in [0.2, 0.25) is 0 Å². The molecule has 3 aromatic rings. The van der Waals surface area contributed by atoms with E-state index < -0.39 is 0 Å². The van der Waals surface area contributed by atoms with Crippen LogP contribution in [0.1, 0.15) is 23.5 Å². The molecule has 0 aliphatic rings. The van der Waals surface area contributed by atoms with Crippen molar-refractivity contribution < 1.29 is 0 Å². The highest BCUT2D eigenvalue weighted by Crippen LogP contribution is 2.22. The molecule has 0 aliphatic heterocycles. The lowest BCUT2D eigenvalue weighted by Gasteiger charge is -2.12. The van der Waals surface area contributed by atoms with Crippen LogP contribution in [0.5, 0.6) is 0 Å². The van der Waals surface area contributed by atoms with E-state index in [2.05, 4.69) is 46.5 Å². The van der Waals surface area contributed by atoms with E-state index in [-0.39, 0.29) is 6.04 Å². The topological polar surface area (TPSA) is 37.8 Å². The fourth-order valence-electron chi connectivity index (χ4n) is 1.99. The minimum Gasteiger partial charge on any atom is -0.304 e. The van der Waals surface area contributed by atoms with Gasteiger partial charge in [0, 0.05) is 25.0 Å². The van der Waals surface area contributed by atoms with Crippen LogP contribution in [0, 0.1) is 0 Å². The predicted molar refractivity (Wildman–Crippen MR) is 79.1 cm³/mol. The molecule has 4 heteroatoms. The molecule has 1 N–H and O–H groups in total. The first kappa shape index (κ1) is 12.3. The lowest BCUT2D eigenvalue weighted by molar-refractivity contribution is 0.572. The molecular formula is C15H15N3S. The average molecular weight is 269 g/mol. The summed E-state index contributed by atoms with van der Waals surface area (Å²) in [5, 5.41) is 4.61. The first-order valence-electron chi connectivity index (χ1n) is 6.31. The Bertz CT molecular complexity index is 630. The van der Waals surface area contributed by atoms with E-state index in [4.69, 9.17) is 0 Å². The molecule has 0 aliphatic carbocycles. The lowest BCUT2D eigenvalue weighted by atomic mass is 10.1. The summed E-state index contributed by atoms with van der Waals surface area (Å²) in [6, 6.07) is 12.6. The van der Waals surface area contributed by atoms with Crippen LogP contribution < -0.4 is 5.32 Å². The van der Waals surface area contributed by atoms with Crippen molar-refractivity contribution >= 4 is 21.6 Å². The van der Waals surface area contributed by atoms with E-state index in [1.807, 2.05) is 18.3 Å². The monoisotopic (exact) mass is 269 g/mol. The van der Waals surface area contributed by atoms with Crippen molar-refractivity contribution in [3.05, 3.63) is 59.4 Å². The zero-order valence-corrected chi connectivity index (χ0v) is 11.5. The number of para-hydroxylation sites is 1. The second-order valence-corrected chi connectivity index (χ2v) is 5.58. The summed E-state index contributed by atoms with van der Waals surface area (Å²) in [7, 11) is 0. The van der Waals surface area contributed by atoms with Gasteiger partial charge in [-0.2, -0.15) is 0 Å². The molecule has 0 fully saturated rings. The summed E-state index contributed by atoms with van der Waals surface area (Å²) < 4.78 is 1.24. The van der Waals surface area contributed by atoms with E-state index >= 15 is 0 Å². The number of fused-ring (bicyclic) bond motifs is 1. The van der Waals surface area contributed by atoms with Gasteiger partial charge in [-0.15, -0.1) is 11.3 Å². The molecule has 2 heterocycles. The number of aromatic nitrogens is 2.